The van der Waals surface area contributed by atoms with Gasteiger partial charge in [-0.1, -0.05) is 47.5 Å². The van der Waals surface area contributed by atoms with Crippen molar-refractivity contribution in [2.45, 2.75) is 36.8 Å². The Kier molecular flexibility index (Phi) is 10.1. The Morgan fingerprint density at radius 1 is 0.744 bits per heavy atom. The zero-order chi connectivity index (χ0) is 28.2. The predicted octanol–water partition coefficient (Wildman–Crippen LogP) is 6.32. The van der Waals surface area contributed by atoms with Crippen LogP contribution < -0.4 is 0 Å². The third-order valence-corrected chi connectivity index (χ3v) is 7.12. The Bertz CT molecular complexity index is 1010. The van der Waals surface area contributed by atoms with Crippen molar-refractivity contribution < 1.29 is 40.6 Å². The first kappa shape index (κ1) is 30.4. The van der Waals surface area contributed by atoms with Gasteiger partial charge < -0.3 is 14.2 Å². The maximum absolute atomic E-state index is 14.0. The van der Waals surface area contributed by atoms with E-state index in [4.69, 9.17) is 37.4 Å². The molecule has 0 radical (unpaired) electrons. The van der Waals surface area contributed by atoms with Crippen LogP contribution in [0.4, 0.5) is 26.3 Å². The average Bonchev–Trinajstić information content (AvgIpc) is 2.87. The minimum Gasteiger partial charge on any atom is -0.371 e. The van der Waals surface area contributed by atoms with Gasteiger partial charge in [-0.05, 0) is 35.4 Å². The fraction of sp³-hybridized carbons (Fsp3) is 0.538. The topological polar surface area (TPSA) is 34.2 Å². The highest BCUT2D eigenvalue weighted by Gasteiger charge is 2.50. The van der Waals surface area contributed by atoms with E-state index in [9.17, 15) is 26.3 Å². The van der Waals surface area contributed by atoms with Gasteiger partial charge in [-0.2, -0.15) is 26.3 Å². The largest absolute Gasteiger partial charge is 0.415 e. The van der Waals surface area contributed by atoms with Crippen molar-refractivity contribution in [1.82, 2.24) is 9.80 Å². The monoisotopic (exact) mass is 600 g/mol. The zero-order valence-corrected chi connectivity index (χ0v) is 22.2. The highest BCUT2D eigenvalue weighted by atomic mass is 35.5. The fourth-order valence-corrected chi connectivity index (χ4v) is 5.07. The minimum absolute atomic E-state index is 0.0533. The maximum atomic E-state index is 14.0. The summed E-state index contributed by atoms with van der Waals surface area (Å²) in [5, 5.41) is 0.886. The van der Waals surface area contributed by atoms with Crippen molar-refractivity contribution in [2.24, 2.45) is 0 Å². The molecule has 0 aromatic heterocycles. The molecule has 2 aliphatic rings. The Balaban J connectivity index is 1.43. The maximum Gasteiger partial charge on any atom is 0.415 e. The lowest BCUT2D eigenvalue weighted by Gasteiger charge is -2.38. The van der Waals surface area contributed by atoms with Gasteiger partial charge in [0, 0.05) is 49.3 Å². The Hall–Kier alpha value is -1.60. The quantitative estimate of drug-likeness (QED) is 0.331. The molecule has 2 saturated heterocycles. The summed E-state index contributed by atoms with van der Waals surface area (Å²) in [6.45, 7) is -0.944. The standard InChI is InChI=1S/C26H28Cl2F6N2O3/c27-19-5-1-3-17(11-19)21-13-35(7-9-37-21)15-23(25(29,30)31)39-24(26(32,33)34)16-36-8-10-38-22(14-36)18-4-2-6-20(28)12-18/h1-6,11-12,21-24H,7-10,13-16H2/t21-,22-,23+,24+/m1/s1. The molecule has 5 nitrogen and oxygen atoms in total. The second-order valence-corrected chi connectivity index (χ2v) is 10.4. The Morgan fingerprint density at radius 2 is 1.15 bits per heavy atom. The lowest BCUT2D eigenvalue weighted by molar-refractivity contribution is -0.292. The van der Waals surface area contributed by atoms with E-state index >= 15 is 0 Å². The van der Waals surface area contributed by atoms with E-state index < -0.39 is 49.9 Å². The van der Waals surface area contributed by atoms with Gasteiger partial charge in [0.2, 0.25) is 0 Å². The summed E-state index contributed by atoms with van der Waals surface area (Å²) in [5.74, 6) is 0. The first-order valence-corrected chi connectivity index (χ1v) is 13.1. The van der Waals surface area contributed by atoms with Crippen molar-refractivity contribution >= 4 is 23.2 Å². The molecule has 4 rings (SSSR count). The van der Waals surface area contributed by atoms with Crippen LogP contribution in [0.2, 0.25) is 10.0 Å². The normalized spacial score (nSPS) is 23.5. The molecule has 216 valence electrons. The number of morpholine rings is 2. The van der Waals surface area contributed by atoms with Crippen LogP contribution in [0.15, 0.2) is 48.5 Å². The zero-order valence-electron chi connectivity index (χ0n) is 20.7. The highest BCUT2D eigenvalue weighted by molar-refractivity contribution is 6.30. The molecule has 0 saturated carbocycles. The molecule has 39 heavy (non-hydrogen) atoms. The highest BCUT2D eigenvalue weighted by Crippen LogP contribution is 2.33. The molecule has 0 N–H and O–H groups in total. The van der Waals surface area contributed by atoms with Gasteiger partial charge in [-0.25, -0.2) is 0 Å². The van der Waals surface area contributed by atoms with Crippen LogP contribution in [-0.4, -0.2) is 86.8 Å². The van der Waals surface area contributed by atoms with Gasteiger partial charge in [-0.3, -0.25) is 9.80 Å². The lowest BCUT2D eigenvalue weighted by atomic mass is 10.1. The van der Waals surface area contributed by atoms with Crippen molar-refractivity contribution in [2.75, 3.05) is 52.5 Å². The number of hydrogen-bond acceptors (Lipinski definition) is 5. The number of benzene rings is 2. The van der Waals surface area contributed by atoms with Crippen molar-refractivity contribution in [3.63, 3.8) is 0 Å². The summed E-state index contributed by atoms with van der Waals surface area (Å²) in [4.78, 5) is 2.81. The molecule has 0 amide bonds. The van der Waals surface area contributed by atoms with Crippen LogP contribution in [0, 0.1) is 0 Å². The molecule has 4 atom stereocenters. The molecule has 2 fully saturated rings. The van der Waals surface area contributed by atoms with Crippen LogP contribution >= 0.6 is 23.2 Å². The minimum atomic E-state index is -5.01. The van der Waals surface area contributed by atoms with E-state index in [0.29, 0.717) is 21.2 Å². The Labute approximate surface area is 232 Å². The molecular weight excluding hydrogens is 573 g/mol. The molecule has 0 bridgehead atoms. The molecule has 2 aromatic rings. The molecule has 0 spiro atoms. The average molecular weight is 601 g/mol. The summed E-state index contributed by atoms with van der Waals surface area (Å²) >= 11 is 12.0. The first-order valence-electron chi connectivity index (χ1n) is 12.4. The summed E-state index contributed by atoms with van der Waals surface area (Å²) in [6, 6.07) is 13.5. The molecule has 0 unspecified atom stereocenters. The third kappa shape index (κ3) is 8.69. The lowest BCUT2D eigenvalue weighted by Crippen LogP contribution is -2.53. The van der Waals surface area contributed by atoms with E-state index in [2.05, 4.69) is 0 Å². The van der Waals surface area contributed by atoms with Crippen molar-refractivity contribution in [3.05, 3.63) is 69.7 Å². The van der Waals surface area contributed by atoms with Gasteiger partial charge in [-0.15, -0.1) is 0 Å². The number of alkyl halides is 6. The van der Waals surface area contributed by atoms with E-state index in [1.54, 1.807) is 48.5 Å². The van der Waals surface area contributed by atoms with Crippen LogP contribution in [0.5, 0.6) is 0 Å². The smallest absolute Gasteiger partial charge is 0.371 e. The second-order valence-electron chi connectivity index (χ2n) is 9.54. The number of rotatable bonds is 8. The van der Waals surface area contributed by atoms with Crippen molar-refractivity contribution in [3.8, 4) is 0 Å². The third-order valence-electron chi connectivity index (χ3n) is 6.65. The Morgan fingerprint density at radius 3 is 1.51 bits per heavy atom. The molecule has 13 heteroatoms. The summed E-state index contributed by atoms with van der Waals surface area (Å²) in [6.07, 6.45) is -16.5. The van der Waals surface area contributed by atoms with Crippen LogP contribution in [0.25, 0.3) is 0 Å². The van der Waals surface area contributed by atoms with Gasteiger partial charge >= 0.3 is 12.4 Å². The molecular formula is C26H28Cl2F6N2O3. The summed E-state index contributed by atoms with van der Waals surface area (Å²) in [5.41, 5.74) is 1.35. The van der Waals surface area contributed by atoms with Crippen LogP contribution in [-0.2, 0) is 14.2 Å². The van der Waals surface area contributed by atoms with E-state index in [1.165, 1.54) is 9.80 Å². The summed E-state index contributed by atoms with van der Waals surface area (Å²) < 4.78 is 100. The number of nitrogens with zero attached hydrogens (tertiary/aromatic N) is 2. The number of halogens is 8. The van der Waals surface area contributed by atoms with Gasteiger partial charge in [0.1, 0.15) is 0 Å². The van der Waals surface area contributed by atoms with Gasteiger partial charge in [0.05, 0.1) is 25.4 Å². The predicted molar refractivity (Wildman–Crippen MR) is 134 cm³/mol. The van der Waals surface area contributed by atoms with Gasteiger partial charge in [0.15, 0.2) is 12.2 Å². The summed E-state index contributed by atoms with van der Waals surface area (Å²) in [7, 11) is 0. The SMILES string of the molecule is FC(F)(F)[C@H](CN1CCO[C@@H](c2cccc(Cl)c2)C1)O[C@@H](CN1CCO[C@@H](c2cccc(Cl)c2)C1)C(F)(F)F. The molecule has 2 aromatic carbocycles. The van der Waals surface area contributed by atoms with Crippen LogP contribution in [0.1, 0.15) is 23.3 Å². The van der Waals surface area contributed by atoms with Crippen molar-refractivity contribution in [1.29, 1.82) is 0 Å². The van der Waals surface area contributed by atoms with E-state index in [-0.39, 0.29) is 39.4 Å². The number of hydrogen-bond donors (Lipinski definition) is 0. The van der Waals surface area contributed by atoms with E-state index in [1.807, 2.05) is 0 Å². The molecule has 2 heterocycles. The van der Waals surface area contributed by atoms with E-state index in [0.717, 1.165) is 0 Å². The first-order chi connectivity index (χ1) is 18.4. The molecule has 0 aliphatic carbocycles. The second kappa shape index (κ2) is 12.9. The molecule has 2 aliphatic heterocycles. The number of ether oxygens (including phenoxy) is 3. The fourth-order valence-electron chi connectivity index (χ4n) is 4.67. The van der Waals surface area contributed by atoms with Crippen LogP contribution in [0.3, 0.4) is 0 Å². The van der Waals surface area contributed by atoms with Gasteiger partial charge in [0.25, 0.3) is 0 Å².